The highest BCUT2D eigenvalue weighted by molar-refractivity contribution is 7.89. The number of hydrogen-bond donors (Lipinski definition) is 1. The van der Waals surface area contributed by atoms with Gasteiger partial charge in [0.05, 0.1) is 22.0 Å². The van der Waals surface area contributed by atoms with E-state index in [0.717, 1.165) is 43.0 Å². The number of rotatable bonds is 9. The minimum Gasteiger partial charge on any atom is -0.370 e. The van der Waals surface area contributed by atoms with Gasteiger partial charge in [0.1, 0.15) is 0 Å². The molecule has 1 aromatic heterocycles. The largest absolute Gasteiger partial charge is 0.370 e. The first kappa shape index (κ1) is 24.3. The average molecular weight is 462 g/mol. The zero-order valence-electron chi connectivity index (χ0n) is 19.6. The number of nitrogens with one attached hydrogen (secondary N) is 1. The van der Waals surface area contributed by atoms with Gasteiger partial charge in [0.25, 0.3) is 0 Å². The molecule has 1 N–H and O–H groups in total. The molecule has 1 aliphatic heterocycles. The van der Waals surface area contributed by atoms with Gasteiger partial charge in [0.2, 0.25) is 15.9 Å². The number of carbonyl (C=O) groups is 1. The van der Waals surface area contributed by atoms with Gasteiger partial charge in [-0.1, -0.05) is 13.8 Å². The first-order valence-electron chi connectivity index (χ1n) is 11.5. The van der Waals surface area contributed by atoms with E-state index in [1.165, 1.54) is 10.7 Å². The summed E-state index contributed by atoms with van der Waals surface area (Å²) in [7, 11) is -3.62. The van der Waals surface area contributed by atoms with E-state index < -0.39 is 10.0 Å². The molecule has 0 aliphatic carbocycles. The number of amides is 1. The van der Waals surface area contributed by atoms with Crippen molar-refractivity contribution in [1.82, 2.24) is 14.1 Å². The Bertz CT molecular complexity index is 1040. The highest BCUT2D eigenvalue weighted by Crippen LogP contribution is 2.32. The summed E-state index contributed by atoms with van der Waals surface area (Å²) < 4.78 is 29.4. The molecule has 1 saturated heterocycles. The number of nitrogens with zero attached hydrogens (tertiary/aromatic N) is 4. The number of anilines is 2. The van der Waals surface area contributed by atoms with Crippen LogP contribution in [0.4, 0.5) is 11.4 Å². The summed E-state index contributed by atoms with van der Waals surface area (Å²) >= 11 is 0. The summed E-state index contributed by atoms with van der Waals surface area (Å²) in [5, 5.41) is 7.40. The molecule has 3 rings (SSSR count). The predicted octanol–water partition coefficient (Wildman–Crippen LogP) is 3.55. The average Bonchev–Trinajstić information content (AvgIpc) is 3.10. The maximum Gasteiger partial charge on any atom is 0.243 e. The van der Waals surface area contributed by atoms with E-state index in [9.17, 15) is 13.2 Å². The first-order chi connectivity index (χ1) is 15.3. The van der Waals surface area contributed by atoms with Crippen molar-refractivity contribution in [2.45, 2.75) is 64.8 Å². The van der Waals surface area contributed by atoms with Crippen LogP contribution in [-0.4, -0.2) is 54.6 Å². The lowest BCUT2D eigenvalue weighted by Gasteiger charge is -2.31. The second-order valence-electron chi connectivity index (χ2n) is 8.26. The van der Waals surface area contributed by atoms with E-state index in [0.29, 0.717) is 25.3 Å². The van der Waals surface area contributed by atoms with Crippen LogP contribution in [0.25, 0.3) is 0 Å². The molecule has 0 atom stereocenters. The lowest BCUT2D eigenvalue weighted by molar-refractivity contribution is -0.116. The molecular weight excluding hydrogens is 426 g/mol. The molecule has 0 unspecified atom stereocenters. The lowest BCUT2D eigenvalue weighted by Crippen LogP contribution is -2.32. The van der Waals surface area contributed by atoms with E-state index in [4.69, 9.17) is 0 Å². The van der Waals surface area contributed by atoms with E-state index >= 15 is 0 Å². The highest BCUT2D eigenvalue weighted by atomic mass is 32.2. The van der Waals surface area contributed by atoms with E-state index in [1.54, 1.807) is 12.1 Å². The quantitative estimate of drug-likeness (QED) is 0.617. The Hall–Kier alpha value is -2.39. The van der Waals surface area contributed by atoms with Crippen molar-refractivity contribution in [2.24, 2.45) is 0 Å². The lowest BCUT2D eigenvalue weighted by atomic mass is 10.1. The molecular formula is C23H35N5O3S. The summed E-state index contributed by atoms with van der Waals surface area (Å²) in [4.78, 5) is 15.3. The minimum absolute atomic E-state index is 0.159. The number of aryl methyl sites for hydroxylation is 3. The van der Waals surface area contributed by atoms with Crippen LogP contribution in [0.1, 0.15) is 50.9 Å². The maximum atomic E-state index is 13.1. The Morgan fingerprint density at radius 3 is 2.38 bits per heavy atom. The van der Waals surface area contributed by atoms with Crippen molar-refractivity contribution in [3.63, 3.8) is 0 Å². The fourth-order valence-corrected chi connectivity index (χ4v) is 5.71. The van der Waals surface area contributed by atoms with Crippen LogP contribution >= 0.6 is 0 Å². The molecule has 9 heteroatoms. The van der Waals surface area contributed by atoms with Gasteiger partial charge in [-0.05, 0) is 57.4 Å². The number of carbonyl (C=O) groups excluding carboxylic acids is 1. The van der Waals surface area contributed by atoms with Gasteiger partial charge >= 0.3 is 0 Å². The Kier molecular flexibility index (Phi) is 7.95. The van der Waals surface area contributed by atoms with Crippen LogP contribution in [0, 0.1) is 13.8 Å². The summed E-state index contributed by atoms with van der Waals surface area (Å²) in [5.41, 5.74) is 3.36. The molecule has 2 aromatic rings. The molecule has 1 aromatic carbocycles. The van der Waals surface area contributed by atoms with Crippen LogP contribution in [0.3, 0.4) is 0 Å². The van der Waals surface area contributed by atoms with E-state index in [-0.39, 0.29) is 17.2 Å². The molecule has 1 amide bonds. The number of benzene rings is 1. The Labute approximate surface area is 191 Å². The van der Waals surface area contributed by atoms with Gasteiger partial charge in [-0.3, -0.25) is 9.48 Å². The minimum atomic E-state index is -3.62. The number of aromatic nitrogens is 2. The van der Waals surface area contributed by atoms with Crippen molar-refractivity contribution >= 4 is 27.3 Å². The van der Waals surface area contributed by atoms with Crippen LogP contribution in [0.15, 0.2) is 29.2 Å². The molecule has 0 bridgehead atoms. The van der Waals surface area contributed by atoms with Crippen molar-refractivity contribution < 1.29 is 13.2 Å². The summed E-state index contributed by atoms with van der Waals surface area (Å²) in [6, 6.07) is 7.08. The topological polar surface area (TPSA) is 87.5 Å². The third kappa shape index (κ3) is 5.50. The zero-order valence-corrected chi connectivity index (χ0v) is 20.4. The number of piperidine rings is 1. The van der Waals surface area contributed by atoms with Gasteiger partial charge in [0, 0.05) is 44.8 Å². The van der Waals surface area contributed by atoms with Gasteiger partial charge in [-0.2, -0.15) is 9.40 Å². The highest BCUT2D eigenvalue weighted by Gasteiger charge is 2.24. The molecule has 2 heterocycles. The van der Waals surface area contributed by atoms with Crippen molar-refractivity contribution in [1.29, 1.82) is 0 Å². The monoisotopic (exact) mass is 461 g/mol. The fraction of sp³-hybridized carbons (Fsp3) is 0.565. The molecule has 32 heavy (non-hydrogen) atoms. The van der Waals surface area contributed by atoms with E-state index in [2.05, 4.69) is 15.3 Å². The third-order valence-electron chi connectivity index (χ3n) is 5.94. The molecule has 0 radical (unpaired) electrons. The summed E-state index contributed by atoms with van der Waals surface area (Å²) in [6.45, 7) is 10.6. The van der Waals surface area contributed by atoms with Gasteiger partial charge in [-0.25, -0.2) is 8.42 Å². The smallest absolute Gasteiger partial charge is 0.243 e. The Balaban J connectivity index is 1.86. The SMILES string of the molecule is CCN(CC)S(=O)(=O)c1ccc(N2CCCCC2)c(NC(=O)CCn2nc(C)cc2C)c1. The number of sulfonamides is 1. The number of hydrogen-bond acceptors (Lipinski definition) is 5. The third-order valence-corrected chi connectivity index (χ3v) is 7.98. The second-order valence-corrected chi connectivity index (χ2v) is 10.2. The second kappa shape index (κ2) is 10.5. The molecule has 1 fully saturated rings. The summed E-state index contributed by atoms with van der Waals surface area (Å²) in [6.07, 6.45) is 3.62. The van der Waals surface area contributed by atoms with Crippen LogP contribution < -0.4 is 10.2 Å². The van der Waals surface area contributed by atoms with Crippen molar-refractivity contribution in [2.75, 3.05) is 36.4 Å². The Morgan fingerprint density at radius 2 is 1.78 bits per heavy atom. The predicted molar refractivity (Wildman–Crippen MR) is 128 cm³/mol. The van der Waals surface area contributed by atoms with Gasteiger partial charge < -0.3 is 10.2 Å². The van der Waals surface area contributed by atoms with Gasteiger partial charge in [-0.15, -0.1) is 0 Å². The first-order valence-corrected chi connectivity index (χ1v) is 12.9. The molecule has 0 spiro atoms. The summed E-state index contributed by atoms with van der Waals surface area (Å²) in [5.74, 6) is -0.159. The Morgan fingerprint density at radius 1 is 1.09 bits per heavy atom. The maximum absolute atomic E-state index is 13.1. The van der Waals surface area contributed by atoms with Crippen molar-refractivity contribution in [3.8, 4) is 0 Å². The molecule has 0 saturated carbocycles. The van der Waals surface area contributed by atoms with Crippen LogP contribution in [0.5, 0.6) is 0 Å². The molecule has 1 aliphatic rings. The molecule has 8 nitrogen and oxygen atoms in total. The van der Waals surface area contributed by atoms with Crippen molar-refractivity contribution in [3.05, 3.63) is 35.7 Å². The van der Waals surface area contributed by atoms with Crippen LogP contribution in [-0.2, 0) is 21.4 Å². The zero-order chi connectivity index (χ0) is 23.3. The van der Waals surface area contributed by atoms with Gasteiger partial charge in [0.15, 0.2) is 0 Å². The fourth-order valence-electron chi connectivity index (χ4n) is 4.22. The van der Waals surface area contributed by atoms with E-state index in [1.807, 2.05) is 44.5 Å². The normalized spacial score (nSPS) is 14.7. The standard InChI is InChI=1S/C23H35N5O3S/c1-5-27(6-2)32(30,31)20-10-11-22(26-13-8-7-9-14-26)21(17-20)24-23(29)12-15-28-19(4)16-18(3)25-28/h10-11,16-17H,5-9,12-15H2,1-4H3,(H,24,29). The molecule has 176 valence electrons. The van der Waals surface area contributed by atoms with Crippen LogP contribution in [0.2, 0.25) is 0 Å².